The topological polar surface area (TPSA) is 63.3 Å². The number of nitrogens with zero attached hydrogens (tertiary/aromatic N) is 1. The molecule has 0 radical (unpaired) electrons. The lowest BCUT2D eigenvalue weighted by molar-refractivity contribution is 0.0690. The van der Waals surface area contributed by atoms with Crippen LogP contribution in [0.4, 0.5) is 4.39 Å². The van der Waals surface area contributed by atoms with Crippen molar-refractivity contribution in [1.29, 1.82) is 0 Å². The molecule has 0 amide bonds. The van der Waals surface area contributed by atoms with Crippen LogP contribution in [0.2, 0.25) is 0 Å². The van der Waals surface area contributed by atoms with Crippen LogP contribution in [0.15, 0.2) is 33.4 Å². The molecule has 0 fully saturated rings. The van der Waals surface area contributed by atoms with Crippen molar-refractivity contribution >= 4 is 21.9 Å². The molecule has 0 spiro atoms. The van der Waals surface area contributed by atoms with Crippen LogP contribution < -0.4 is 0 Å². The average Bonchev–Trinajstić information content (AvgIpc) is 2.71. The van der Waals surface area contributed by atoms with E-state index in [0.29, 0.717) is 0 Å². The maximum atomic E-state index is 13.6. The van der Waals surface area contributed by atoms with Gasteiger partial charge in [0.05, 0.1) is 10.0 Å². The molecular formula is C10H5BrFNO3. The van der Waals surface area contributed by atoms with Gasteiger partial charge in [-0.1, -0.05) is 6.07 Å². The van der Waals surface area contributed by atoms with Crippen LogP contribution in [0.3, 0.4) is 0 Å². The molecule has 1 aromatic carbocycles. The van der Waals surface area contributed by atoms with E-state index in [1.54, 1.807) is 6.07 Å². The number of carbonyl (C=O) groups is 1. The van der Waals surface area contributed by atoms with Gasteiger partial charge in [0.15, 0.2) is 5.69 Å². The Morgan fingerprint density at radius 2 is 2.25 bits per heavy atom. The molecule has 0 aliphatic rings. The molecule has 1 aromatic heterocycles. The third kappa shape index (κ3) is 1.83. The zero-order valence-corrected chi connectivity index (χ0v) is 9.36. The fourth-order valence-corrected chi connectivity index (χ4v) is 1.53. The maximum absolute atomic E-state index is 13.6. The minimum atomic E-state index is -1.22. The summed E-state index contributed by atoms with van der Waals surface area (Å²) in [6.45, 7) is 0. The predicted molar refractivity (Wildman–Crippen MR) is 56.6 cm³/mol. The van der Waals surface area contributed by atoms with Crippen molar-refractivity contribution in [2.24, 2.45) is 0 Å². The summed E-state index contributed by atoms with van der Waals surface area (Å²) in [7, 11) is 0. The minimum Gasteiger partial charge on any atom is -0.476 e. The molecule has 0 aliphatic carbocycles. The fourth-order valence-electron chi connectivity index (χ4n) is 1.16. The van der Waals surface area contributed by atoms with Gasteiger partial charge in [0, 0.05) is 0 Å². The molecule has 0 saturated carbocycles. The first kappa shape index (κ1) is 10.8. The van der Waals surface area contributed by atoms with Gasteiger partial charge in [-0.15, -0.1) is 0 Å². The molecule has 0 saturated heterocycles. The number of benzene rings is 1. The number of aromatic nitrogens is 1. The predicted octanol–water partition coefficient (Wildman–Crippen LogP) is 2.94. The SMILES string of the molecule is O=C(O)c1coc(-c2cccc(Br)c2F)n1. The number of rotatable bonds is 2. The van der Waals surface area contributed by atoms with Crippen molar-refractivity contribution in [2.45, 2.75) is 0 Å². The van der Waals surface area contributed by atoms with E-state index >= 15 is 0 Å². The normalized spacial score (nSPS) is 10.4. The van der Waals surface area contributed by atoms with Crippen LogP contribution >= 0.6 is 15.9 Å². The standard InChI is InChI=1S/C10H5BrFNO3/c11-6-3-1-2-5(8(6)12)9-13-7(4-16-9)10(14)15/h1-4H,(H,14,15). The van der Waals surface area contributed by atoms with Crippen molar-refractivity contribution in [1.82, 2.24) is 4.98 Å². The largest absolute Gasteiger partial charge is 0.476 e. The van der Waals surface area contributed by atoms with E-state index in [1.165, 1.54) is 12.1 Å². The number of hydrogen-bond donors (Lipinski definition) is 1. The molecule has 0 aliphatic heterocycles. The number of oxazole rings is 1. The van der Waals surface area contributed by atoms with Gasteiger partial charge < -0.3 is 9.52 Å². The summed E-state index contributed by atoms with van der Waals surface area (Å²) in [4.78, 5) is 14.2. The Balaban J connectivity index is 2.50. The number of halogens is 2. The molecule has 1 heterocycles. The van der Waals surface area contributed by atoms with Crippen LogP contribution in [0.1, 0.15) is 10.5 Å². The first-order chi connectivity index (χ1) is 7.59. The van der Waals surface area contributed by atoms with Crippen LogP contribution in [0, 0.1) is 5.82 Å². The van der Waals surface area contributed by atoms with Crippen LogP contribution in [-0.4, -0.2) is 16.1 Å². The first-order valence-electron chi connectivity index (χ1n) is 4.23. The van der Waals surface area contributed by atoms with E-state index < -0.39 is 11.8 Å². The van der Waals surface area contributed by atoms with Gasteiger partial charge in [0.2, 0.25) is 5.89 Å². The Bertz CT molecular complexity index is 553. The van der Waals surface area contributed by atoms with Crippen LogP contribution in [-0.2, 0) is 0 Å². The van der Waals surface area contributed by atoms with Crippen molar-refractivity contribution in [3.05, 3.63) is 40.4 Å². The maximum Gasteiger partial charge on any atom is 0.357 e. The molecule has 0 bridgehead atoms. The lowest BCUT2D eigenvalue weighted by Gasteiger charge is -1.99. The van der Waals surface area contributed by atoms with Gasteiger partial charge in [0.25, 0.3) is 0 Å². The van der Waals surface area contributed by atoms with Crippen molar-refractivity contribution in [2.75, 3.05) is 0 Å². The second-order valence-electron chi connectivity index (χ2n) is 2.94. The van der Waals surface area contributed by atoms with Crippen molar-refractivity contribution < 1.29 is 18.7 Å². The van der Waals surface area contributed by atoms with Gasteiger partial charge in [-0.3, -0.25) is 0 Å². The number of carboxylic acid groups (broad SMARTS) is 1. The van der Waals surface area contributed by atoms with E-state index in [-0.39, 0.29) is 21.6 Å². The fraction of sp³-hybridized carbons (Fsp3) is 0. The third-order valence-electron chi connectivity index (χ3n) is 1.91. The minimum absolute atomic E-state index is 0.0591. The Kier molecular flexibility index (Phi) is 2.74. The quantitative estimate of drug-likeness (QED) is 0.921. The Hall–Kier alpha value is -1.69. The summed E-state index contributed by atoms with van der Waals surface area (Å²) < 4.78 is 18.8. The average molecular weight is 286 g/mol. The first-order valence-corrected chi connectivity index (χ1v) is 5.02. The Morgan fingerprint density at radius 3 is 2.88 bits per heavy atom. The second-order valence-corrected chi connectivity index (χ2v) is 3.80. The summed E-state index contributed by atoms with van der Waals surface area (Å²) in [6.07, 6.45) is 0.970. The van der Waals surface area contributed by atoms with Gasteiger partial charge in [-0.25, -0.2) is 14.2 Å². The van der Waals surface area contributed by atoms with Crippen molar-refractivity contribution in [3.8, 4) is 11.5 Å². The molecule has 82 valence electrons. The highest BCUT2D eigenvalue weighted by Crippen LogP contribution is 2.27. The molecule has 0 unspecified atom stereocenters. The Labute approximate surface area is 97.9 Å². The van der Waals surface area contributed by atoms with Crippen LogP contribution in [0.5, 0.6) is 0 Å². The van der Waals surface area contributed by atoms with E-state index in [4.69, 9.17) is 9.52 Å². The number of aromatic carboxylic acids is 1. The molecule has 2 rings (SSSR count). The van der Waals surface area contributed by atoms with E-state index in [9.17, 15) is 9.18 Å². The highest BCUT2D eigenvalue weighted by atomic mass is 79.9. The molecule has 2 aromatic rings. The van der Waals surface area contributed by atoms with Gasteiger partial charge in [-0.05, 0) is 28.1 Å². The lowest BCUT2D eigenvalue weighted by Crippen LogP contribution is -1.96. The molecule has 6 heteroatoms. The monoisotopic (exact) mass is 285 g/mol. The van der Waals surface area contributed by atoms with Gasteiger partial charge >= 0.3 is 5.97 Å². The summed E-state index contributed by atoms with van der Waals surface area (Å²) >= 11 is 3.02. The molecule has 0 atom stereocenters. The molecule has 16 heavy (non-hydrogen) atoms. The summed E-state index contributed by atoms with van der Waals surface area (Å²) in [6, 6.07) is 4.59. The van der Waals surface area contributed by atoms with Crippen molar-refractivity contribution in [3.63, 3.8) is 0 Å². The zero-order chi connectivity index (χ0) is 11.7. The Morgan fingerprint density at radius 1 is 1.50 bits per heavy atom. The smallest absolute Gasteiger partial charge is 0.357 e. The summed E-state index contributed by atoms with van der Waals surface area (Å²) in [5, 5.41) is 8.64. The van der Waals surface area contributed by atoms with E-state index in [2.05, 4.69) is 20.9 Å². The van der Waals surface area contributed by atoms with E-state index in [0.717, 1.165) is 6.26 Å². The van der Waals surface area contributed by atoms with Crippen LogP contribution in [0.25, 0.3) is 11.5 Å². The highest BCUT2D eigenvalue weighted by molar-refractivity contribution is 9.10. The zero-order valence-electron chi connectivity index (χ0n) is 7.78. The number of hydrogen-bond acceptors (Lipinski definition) is 3. The molecule has 1 N–H and O–H groups in total. The summed E-state index contributed by atoms with van der Waals surface area (Å²) in [5.74, 6) is -1.82. The molecular weight excluding hydrogens is 281 g/mol. The van der Waals surface area contributed by atoms with Gasteiger partial charge in [0.1, 0.15) is 12.1 Å². The lowest BCUT2D eigenvalue weighted by atomic mass is 10.2. The molecule has 4 nitrogen and oxygen atoms in total. The summed E-state index contributed by atoms with van der Waals surface area (Å²) in [5.41, 5.74) is -0.142. The van der Waals surface area contributed by atoms with E-state index in [1.807, 2.05) is 0 Å². The highest BCUT2D eigenvalue weighted by Gasteiger charge is 2.16. The second kappa shape index (κ2) is 4.05. The number of carboxylic acids is 1. The van der Waals surface area contributed by atoms with Gasteiger partial charge in [-0.2, -0.15) is 0 Å². The third-order valence-corrected chi connectivity index (χ3v) is 2.52.